The van der Waals surface area contributed by atoms with Crippen LogP contribution < -0.4 is 0 Å². The molecule has 1 N–H and O–H groups in total. The molecule has 2 aromatic rings. The summed E-state index contributed by atoms with van der Waals surface area (Å²) in [6, 6.07) is 10.8. The zero-order chi connectivity index (χ0) is 12.5. The van der Waals surface area contributed by atoms with Crippen molar-refractivity contribution in [1.29, 1.82) is 0 Å². The van der Waals surface area contributed by atoms with E-state index in [1.807, 2.05) is 29.2 Å². The molecule has 0 radical (unpaired) electrons. The lowest BCUT2D eigenvalue weighted by Gasteiger charge is -2.16. The standard InChI is InChI=1S/C15H15NO2/c17-12-6-7-13-11(10-12)4-3-5-14(13)15(18)16-8-1-2-9-16/h3-7,10,17H,1-2,8-9H2. The van der Waals surface area contributed by atoms with Gasteiger partial charge in [-0.25, -0.2) is 0 Å². The summed E-state index contributed by atoms with van der Waals surface area (Å²) in [6.07, 6.45) is 2.19. The average Bonchev–Trinajstić information content (AvgIpc) is 2.90. The highest BCUT2D eigenvalue weighted by atomic mass is 16.3. The van der Waals surface area contributed by atoms with E-state index in [-0.39, 0.29) is 11.7 Å². The Balaban J connectivity index is 2.08. The first-order chi connectivity index (χ1) is 8.75. The quantitative estimate of drug-likeness (QED) is 0.834. The Kier molecular flexibility index (Phi) is 2.67. The third-order valence-corrected chi connectivity index (χ3v) is 3.49. The zero-order valence-electron chi connectivity index (χ0n) is 10.1. The molecular formula is C15H15NO2. The van der Waals surface area contributed by atoms with Crippen molar-refractivity contribution in [2.75, 3.05) is 13.1 Å². The summed E-state index contributed by atoms with van der Waals surface area (Å²) >= 11 is 0. The van der Waals surface area contributed by atoms with E-state index >= 15 is 0 Å². The molecule has 1 fully saturated rings. The predicted molar refractivity (Wildman–Crippen MR) is 70.8 cm³/mol. The van der Waals surface area contributed by atoms with E-state index in [9.17, 15) is 9.90 Å². The maximum atomic E-state index is 12.4. The minimum atomic E-state index is 0.101. The SMILES string of the molecule is O=C(c1cccc2cc(O)ccc12)N1CCCC1. The van der Waals surface area contributed by atoms with Crippen LogP contribution in [0.4, 0.5) is 0 Å². The molecule has 3 heteroatoms. The molecule has 0 bridgehead atoms. The number of aromatic hydroxyl groups is 1. The minimum absolute atomic E-state index is 0.101. The molecule has 1 aliphatic heterocycles. The normalized spacial score (nSPS) is 15.2. The topological polar surface area (TPSA) is 40.5 Å². The maximum absolute atomic E-state index is 12.4. The Morgan fingerprint density at radius 3 is 2.67 bits per heavy atom. The van der Waals surface area contributed by atoms with Gasteiger partial charge in [0, 0.05) is 18.7 Å². The second-order valence-electron chi connectivity index (χ2n) is 4.71. The van der Waals surface area contributed by atoms with Crippen molar-refractivity contribution < 1.29 is 9.90 Å². The zero-order valence-corrected chi connectivity index (χ0v) is 10.1. The van der Waals surface area contributed by atoms with E-state index in [4.69, 9.17) is 0 Å². The average molecular weight is 241 g/mol. The molecule has 0 saturated carbocycles. The second kappa shape index (κ2) is 4.33. The van der Waals surface area contributed by atoms with Crippen molar-refractivity contribution in [3.8, 4) is 5.75 Å². The van der Waals surface area contributed by atoms with Crippen molar-refractivity contribution in [3.05, 3.63) is 42.0 Å². The third kappa shape index (κ3) is 1.82. The predicted octanol–water partition coefficient (Wildman–Crippen LogP) is 2.78. The van der Waals surface area contributed by atoms with Gasteiger partial charge >= 0.3 is 0 Å². The molecule has 0 aromatic heterocycles. The summed E-state index contributed by atoms with van der Waals surface area (Å²) < 4.78 is 0. The fourth-order valence-corrected chi connectivity index (χ4v) is 2.55. The summed E-state index contributed by atoms with van der Waals surface area (Å²) in [6.45, 7) is 1.71. The van der Waals surface area contributed by atoms with Crippen LogP contribution in [0.2, 0.25) is 0 Å². The van der Waals surface area contributed by atoms with Gasteiger partial charge in [0.15, 0.2) is 0 Å². The molecule has 1 heterocycles. The molecule has 3 rings (SSSR count). The molecule has 1 amide bonds. The number of nitrogens with zero attached hydrogens (tertiary/aromatic N) is 1. The molecule has 1 aliphatic rings. The molecule has 92 valence electrons. The van der Waals surface area contributed by atoms with Crippen LogP contribution in [0.15, 0.2) is 36.4 Å². The highest BCUT2D eigenvalue weighted by molar-refractivity contribution is 6.07. The monoisotopic (exact) mass is 241 g/mol. The third-order valence-electron chi connectivity index (χ3n) is 3.49. The molecule has 2 aromatic carbocycles. The fraction of sp³-hybridized carbons (Fsp3) is 0.267. The maximum Gasteiger partial charge on any atom is 0.254 e. The lowest BCUT2D eigenvalue weighted by atomic mass is 10.0. The molecule has 0 aliphatic carbocycles. The number of fused-ring (bicyclic) bond motifs is 1. The number of amides is 1. The number of hydrogen-bond acceptors (Lipinski definition) is 2. The highest BCUT2D eigenvalue weighted by Crippen LogP contribution is 2.25. The number of phenolic OH excluding ortho intramolecular Hbond substituents is 1. The first-order valence-corrected chi connectivity index (χ1v) is 6.27. The number of likely N-dealkylation sites (tertiary alicyclic amines) is 1. The van der Waals surface area contributed by atoms with Crippen molar-refractivity contribution in [2.45, 2.75) is 12.8 Å². The van der Waals surface area contributed by atoms with E-state index in [2.05, 4.69) is 0 Å². The van der Waals surface area contributed by atoms with Crippen LogP contribution in [0.5, 0.6) is 5.75 Å². The molecule has 3 nitrogen and oxygen atoms in total. The van der Waals surface area contributed by atoms with E-state index in [1.165, 1.54) is 0 Å². The second-order valence-corrected chi connectivity index (χ2v) is 4.71. The van der Waals surface area contributed by atoms with Crippen LogP contribution in [0.25, 0.3) is 10.8 Å². The summed E-state index contributed by atoms with van der Waals surface area (Å²) in [7, 11) is 0. The number of carbonyl (C=O) groups is 1. The van der Waals surface area contributed by atoms with Crippen LogP contribution in [0.1, 0.15) is 23.2 Å². The van der Waals surface area contributed by atoms with E-state index in [0.717, 1.165) is 42.3 Å². The molecule has 18 heavy (non-hydrogen) atoms. The molecular weight excluding hydrogens is 226 g/mol. The summed E-state index contributed by atoms with van der Waals surface area (Å²) in [5, 5.41) is 11.3. The van der Waals surface area contributed by atoms with Gasteiger partial charge in [-0.15, -0.1) is 0 Å². The van der Waals surface area contributed by atoms with Crippen LogP contribution in [0, 0.1) is 0 Å². The van der Waals surface area contributed by atoms with Gasteiger partial charge in [-0.3, -0.25) is 4.79 Å². The largest absolute Gasteiger partial charge is 0.508 e. The molecule has 1 saturated heterocycles. The van der Waals surface area contributed by atoms with E-state index in [0.29, 0.717) is 0 Å². The van der Waals surface area contributed by atoms with Crippen molar-refractivity contribution in [1.82, 2.24) is 4.90 Å². The van der Waals surface area contributed by atoms with Gasteiger partial charge in [0.1, 0.15) is 5.75 Å². The Labute approximate surface area is 106 Å². The van der Waals surface area contributed by atoms with Crippen molar-refractivity contribution in [2.24, 2.45) is 0 Å². The minimum Gasteiger partial charge on any atom is -0.508 e. The van der Waals surface area contributed by atoms with Gasteiger partial charge in [0.25, 0.3) is 5.91 Å². The molecule has 0 spiro atoms. The van der Waals surface area contributed by atoms with Crippen LogP contribution >= 0.6 is 0 Å². The summed E-state index contributed by atoms with van der Waals surface area (Å²) in [5.41, 5.74) is 0.731. The number of hydrogen-bond donors (Lipinski definition) is 1. The van der Waals surface area contributed by atoms with E-state index < -0.39 is 0 Å². The lowest BCUT2D eigenvalue weighted by Crippen LogP contribution is -2.27. The lowest BCUT2D eigenvalue weighted by molar-refractivity contribution is 0.0795. The van der Waals surface area contributed by atoms with Crippen LogP contribution in [-0.2, 0) is 0 Å². The first kappa shape index (κ1) is 11.1. The van der Waals surface area contributed by atoms with Crippen molar-refractivity contribution in [3.63, 3.8) is 0 Å². The Bertz CT molecular complexity index is 600. The van der Waals surface area contributed by atoms with Gasteiger partial charge in [-0.2, -0.15) is 0 Å². The number of phenols is 1. The number of carbonyl (C=O) groups excluding carboxylic acids is 1. The Morgan fingerprint density at radius 1 is 1.11 bits per heavy atom. The van der Waals surface area contributed by atoms with Gasteiger partial charge in [0.05, 0.1) is 0 Å². The Morgan fingerprint density at radius 2 is 1.89 bits per heavy atom. The molecule has 0 atom stereocenters. The fourth-order valence-electron chi connectivity index (χ4n) is 2.55. The van der Waals surface area contributed by atoms with Crippen LogP contribution in [-0.4, -0.2) is 29.0 Å². The van der Waals surface area contributed by atoms with Gasteiger partial charge in [-0.05, 0) is 47.9 Å². The molecule has 0 unspecified atom stereocenters. The first-order valence-electron chi connectivity index (χ1n) is 6.27. The van der Waals surface area contributed by atoms with Crippen LogP contribution in [0.3, 0.4) is 0 Å². The van der Waals surface area contributed by atoms with Gasteiger partial charge in [0.2, 0.25) is 0 Å². The Hall–Kier alpha value is -2.03. The highest BCUT2D eigenvalue weighted by Gasteiger charge is 2.20. The van der Waals surface area contributed by atoms with Gasteiger partial charge < -0.3 is 10.0 Å². The van der Waals surface area contributed by atoms with Crippen molar-refractivity contribution >= 4 is 16.7 Å². The smallest absolute Gasteiger partial charge is 0.254 e. The summed E-state index contributed by atoms with van der Waals surface area (Å²) in [5.74, 6) is 0.331. The number of benzene rings is 2. The number of rotatable bonds is 1. The summed E-state index contributed by atoms with van der Waals surface area (Å²) in [4.78, 5) is 14.3. The van der Waals surface area contributed by atoms with Gasteiger partial charge in [-0.1, -0.05) is 12.1 Å². The van der Waals surface area contributed by atoms with E-state index in [1.54, 1.807) is 12.1 Å².